The number of hydrogen-bond donors (Lipinski definition) is 0. The molecule has 1 aliphatic rings. The molecular weight excluding hydrogens is 421 g/mol. The number of sulfonamides is 1. The highest BCUT2D eigenvalue weighted by molar-refractivity contribution is 14.1. The minimum Gasteiger partial charge on any atom is -0.207 e. The van der Waals surface area contributed by atoms with Crippen molar-refractivity contribution in [3.63, 3.8) is 0 Å². The minimum absolute atomic E-state index is 0.134. The van der Waals surface area contributed by atoms with Crippen LogP contribution in [0.1, 0.15) is 57.9 Å². The highest BCUT2D eigenvalue weighted by Crippen LogP contribution is 2.38. The maximum absolute atomic E-state index is 13.2. The van der Waals surface area contributed by atoms with Crippen LogP contribution in [0, 0.1) is 6.92 Å². The molecule has 3 atom stereocenters. The Bertz CT molecular complexity index is 600. The average Bonchev–Trinajstić information content (AvgIpc) is 2.85. The second-order valence-corrected chi connectivity index (χ2v) is 9.97. The zero-order valence-electron chi connectivity index (χ0n) is 14.3. The number of halogens is 1. The van der Waals surface area contributed by atoms with E-state index in [0.29, 0.717) is 8.82 Å². The zero-order valence-corrected chi connectivity index (χ0v) is 17.3. The fourth-order valence-corrected chi connectivity index (χ4v) is 6.89. The van der Waals surface area contributed by atoms with Crippen molar-refractivity contribution in [2.24, 2.45) is 0 Å². The molecule has 2 rings (SSSR count). The van der Waals surface area contributed by atoms with Crippen LogP contribution in [0.2, 0.25) is 0 Å². The van der Waals surface area contributed by atoms with E-state index in [1.54, 1.807) is 12.1 Å². The Morgan fingerprint density at radius 2 is 1.83 bits per heavy atom. The lowest BCUT2D eigenvalue weighted by Gasteiger charge is -2.29. The van der Waals surface area contributed by atoms with Crippen molar-refractivity contribution in [2.45, 2.75) is 80.2 Å². The zero-order chi connectivity index (χ0) is 17.0. The van der Waals surface area contributed by atoms with Gasteiger partial charge in [-0.25, -0.2) is 8.42 Å². The molecule has 0 bridgehead atoms. The van der Waals surface area contributed by atoms with Gasteiger partial charge in [0, 0.05) is 16.0 Å². The van der Waals surface area contributed by atoms with E-state index in [1.165, 1.54) is 12.8 Å². The third-order valence-electron chi connectivity index (χ3n) is 4.77. The monoisotopic (exact) mass is 449 g/mol. The number of unbranched alkanes of at least 4 members (excludes halogenated alkanes) is 2. The summed E-state index contributed by atoms with van der Waals surface area (Å²) in [6, 6.07) is 7.55. The Hall–Kier alpha value is -0.140. The van der Waals surface area contributed by atoms with Gasteiger partial charge in [0.2, 0.25) is 10.0 Å². The molecule has 0 saturated carbocycles. The Morgan fingerprint density at radius 3 is 2.39 bits per heavy atom. The van der Waals surface area contributed by atoms with Crippen LogP contribution in [0.5, 0.6) is 0 Å². The molecule has 5 heteroatoms. The van der Waals surface area contributed by atoms with E-state index in [-0.39, 0.29) is 12.1 Å². The van der Waals surface area contributed by atoms with Crippen LogP contribution in [0.4, 0.5) is 0 Å². The first-order valence-electron chi connectivity index (χ1n) is 8.66. The van der Waals surface area contributed by atoms with E-state index in [1.807, 2.05) is 23.4 Å². The fourth-order valence-electron chi connectivity index (χ4n) is 3.42. The molecule has 0 aromatic heterocycles. The van der Waals surface area contributed by atoms with E-state index in [0.717, 1.165) is 31.2 Å². The lowest BCUT2D eigenvalue weighted by molar-refractivity contribution is 0.301. The summed E-state index contributed by atoms with van der Waals surface area (Å²) in [6.45, 7) is 6.27. The highest BCUT2D eigenvalue weighted by Gasteiger charge is 2.45. The Balaban J connectivity index is 2.31. The number of aryl methyl sites for hydroxylation is 1. The molecule has 1 heterocycles. The topological polar surface area (TPSA) is 37.4 Å². The predicted molar refractivity (Wildman–Crippen MR) is 105 cm³/mol. The maximum Gasteiger partial charge on any atom is 0.243 e. The molecule has 0 amide bonds. The molecule has 23 heavy (non-hydrogen) atoms. The molecule has 1 saturated heterocycles. The summed E-state index contributed by atoms with van der Waals surface area (Å²) in [5.74, 6) is 0. The first kappa shape index (κ1) is 19.2. The van der Waals surface area contributed by atoms with E-state index in [9.17, 15) is 8.42 Å². The van der Waals surface area contributed by atoms with Gasteiger partial charge in [0.15, 0.2) is 0 Å². The summed E-state index contributed by atoms with van der Waals surface area (Å²) < 4.78 is 28.7. The quantitative estimate of drug-likeness (QED) is 0.337. The largest absolute Gasteiger partial charge is 0.243 e. The van der Waals surface area contributed by atoms with Gasteiger partial charge in [-0.15, -0.1) is 0 Å². The Kier molecular flexibility index (Phi) is 6.92. The fraction of sp³-hybridized carbons (Fsp3) is 0.667. The molecular formula is C18H28INO2S. The van der Waals surface area contributed by atoms with Gasteiger partial charge in [-0.3, -0.25) is 0 Å². The second-order valence-electron chi connectivity index (χ2n) is 6.52. The van der Waals surface area contributed by atoms with Crippen LogP contribution in [0.3, 0.4) is 0 Å². The molecule has 130 valence electrons. The lowest BCUT2D eigenvalue weighted by atomic mass is 10.1. The van der Waals surface area contributed by atoms with Crippen LogP contribution in [0.25, 0.3) is 0 Å². The van der Waals surface area contributed by atoms with E-state index in [2.05, 4.69) is 36.4 Å². The van der Waals surface area contributed by atoms with Crippen LogP contribution in [-0.2, 0) is 10.0 Å². The van der Waals surface area contributed by atoms with Gasteiger partial charge in [-0.1, -0.05) is 73.4 Å². The van der Waals surface area contributed by atoms with Gasteiger partial charge in [-0.2, -0.15) is 4.31 Å². The van der Waals surface area contributed by atoms with Crippen molar-refractivity contribution in [2.75, 3.05) is 0 Å². The van der Waals surface area contributed by atoms with Crippen molar-refractivity contribution < 1.29 is 8.42 Å². The SMILES string of the molecule is CCCCC[C@@H]1[C@@H](I)C[C@H](CC)N1S(=O)(=O)c1ccc(C)cc1. The van der Waals surface area contributed by atoms with E-state index in [4.69, 9.17) is 0 Å². The predicted octanol–water partition coefficient (Wildman–Crippen LogP) is 4.92. The van der Waals surface area contributed by atoms with E-state index < -0.39 is 10.0 Å². The first-order chi connectivity index (χ1) is 10.9. The smallest absolute Gasteiger partial charge is 0.207 e. The van der Waals surface area contributed by atoms with Crippen molar-refractivity contribution >= 4 is 32.6 Å². The molecule has 0 unspecified atom stereocenters. The molecule has 0 spiro atoms. The van der Waals surface area contributed by atoms with Gasteiger partial charge in [0.25, 0.3) is 0 Å². The molecule has 1 aromatic carbocycles. The molecule has 1 aliphatic heterocycles. The van der Waals surface area contributed by atoms with Crippen LogP contribution >= 0.6 is 22.6 Å². The van der Waals surface area contributed by atoms with Gasteiger partial charge in [0.1, 0.15) is 0 Å². The van der Waals surface area contributed by atoms with Gasteiger partial charge >= 0.3 is 0 Å². The molecule has 1 fully saturated rings. The number of hydrogen-bond acceptors (Lipinski definition) is 2. The molecule has 0 radical (unpaired) electrons. The van der Waals surface area contributed by atoms with Crippen molar-refractivity contribution in [3.8, 4) is 0 Å². The normalized spacial score (nSPS) is 25.8. The van der Waals surface area contributed by atoms with Crippen LogP contribution < -0.4 is 0 Å². The summed E-state index contributed by atoms with van der Waals surface area (Å²) in [7, 11) is -3.41. The summed E-state index contributed by atoms with van der Waals surface area (Å²) in [6.07, 6.45) is 6.28. The van der Waals surface area contributed by atoms with Crippen LogP contribution in [0.15, 0.2) is 29.2 Å². The number of nitrogens with zero attached hydrogens (tertiary/aromatic N) is 1. The number of alkyl halides is 1. The third kappa shape index (κ3) is 4.28. The minimum atomic E-state index is -3.41. The Labute approximate surface area is 155 Å². The molecule has 1 aromatic rings. The second kappa shape index (κ2) is 8.30. The van der Waals surface area contributed by atoms with Gasteiger partial charge < -0.3 is 0 Å². The standard InChI is InChI=1S/C18H28INO2S/c1-4-6-7-8-18-17(19)13-15(5-2)20(18)23(21,22)16-11-9-14(3)10-12-16/h9-12,15,17-18H,4-8,13H2,1-3H3/t15-,17-,18+/m0/s1. The lowest BCUT2D eigenvalue weighted by Crippen LogP contribution is -2.42. The Morgan fingerprint density at radius 1 is 1.17 bits per heavy atom. The average molecular weight is 449 g/mol. The highest BCUT2D eigenvalue weighted by atomic mass is 127. The van der Waals surface area contributed by atoms with E-state index >= 15 is 0 Å². The summed E-state index contributed by atoms with van der Waals surface area (Å²) >= 11 is 2.46. The van der Waals surface area contributed by atoms with Crippen molar-refractivity contribution in [3.05, 3.63) is 29.8 Å². The molecule has 0 N–H and O–H groups in total. The number of benzene rings is 1. The van der Waals surface area contributed by atoms with Crippen LogP contribution in [-0.4, -0.2) is 28.7 Å². The summed E-state index contributed by atoms with van der Waals surface area (Å²) in [5.41, 5.74) is 1.09. The van der Waals surface area contributed by atoms with Crippen molar-refractivity contribution in [1.82, 2.24) is 4.31 Å². The first-order valence-corrected chi connectivity index (χ1v) is 11.3. The van der Waals surface area contributed by atoms with Crippen molar-refractivity contribution in [1.29, 1.82) is 0 Å². The van der Waals surface area contributed by atoms with Gasteiger partial charge in [0.05, 0.1) is 4.90 Å². The molecule has 3 nitrogen and oxygen atoms in total. The third-order valence-corrected chi connectivity index (χ3v) is 8.10. The summed E-state index contributed by atoms with van der Waals surface area (Å²) in [4.78, 5) is 0.438. The van der Waals surface area contributed by atoms with Gasteiger partial charge in [-0.05, 0) is 38.3 Å². The summed E-state index contributed by atoms with van der Waals surface area (Å²) in [5, 5.41) is 0. The maximum atomic E-state index is 13.2. The number of rotatable bonds is 7. The molecule has 0 aliphatic carbocycles.